The molecule has 2 heterocycles. The minimum absolute atomic E-state index is 0.0621. The quantitative estimate of drug-likeness (QED) is 0.667. The first-order valence-corrected chi connectivity index (χ1v) is 12.2. The van der Waals surface area contributed by atoms with E-state index in [1.54, 1.807) is 0 Å². The van der Waals surface area contributed by atoms with Gasteiger partial charge in [-0.15, -0.1) is 0 Å². The number of carbonyl (C=O) groups is 1. The molecule has 3 aliphatic carbocycles. The maximum atomic E-state index is 12.2. The zero-order chi connectivity index (χ0) is 21.4. The van der Waals surface area contributed by atoms with Gasteiger partial charge < -0.3 is 19.9 Å². The summed E-state index contributed by atoms with van der Waals surface area (Å²) in [7, 11) is 0. The van der Waals surface area contributed by atoms with Gasteiger partial charge in [-0.05, 0) is 81.1 Å². The Labute approximate surface area is 181 Å². The molecule has 7 atom stereocenters. The Morgan fingerprint density at radius 2 is 1.93 bits per heavy atom. The normalized spacial score (nSPS) is 50.6. The molecular formula is C25H39NO4. The highest BCUT2D eigenvalue weighted by atomic mass is 16.5. The van der Waals surface area contributed by atoms with Crippen molar-refractivity contribution in [3.8, 4) is 0 Å². The third kappa shape index (κ3) is 2.67. The number of rotatable bonds is 5. The van der Waals surface area contributed by atoms with Gasteiger partial charge in [-0.25, -0.2) is 4.79 Å². The maximum Gasteiger partial charge on any atom is 0.336 e. The van der Waals surface area contributed by atoms with Crippen LogP contribution in [-0.2, 0) is 14.3 Å². The van der Waals surface area contributed by atoms with Gasteiger partial charge in [0, 0.05) is 18.0 Å². The minimum atomic E-state index is -0.272. The lowest BCUT2D eigenvalue weighted by Gasteiger charge is -2.69. The summed E-state index contributed by atoms with van der Waals surface area (Å²) in [5.74, 6) is 0.178. The van der Waals surface area contributed by atoms with E-state index in [-0.39, 0.29) is 40.0 Å². The van der Waals surface area contributed by atoms with Crippen molar-refractivity contribution in [2.24, 2.45) is 22.2 Å². The molecule has 5 rings (SSSR count). The van der Waals surface area contributed by atoms with Gasteiger partial charge in [-0.2, -0.15) is 0 Å². The van der Waals surface area contributed by atoms with E-state index in [1.807, 2.05) is 6.08 Å². The summed E-state index contributed by atoms with van der Waals surface area (Å²) in [4.78, 5) is 12.2. The lowest BCUT2D eigenvalue weighted by Crippen LogP contribution is -2.69. The number of fused-ring (bicyclic) bond motifs is 3. The molecule has 0 aromatic carbocycles. The van der Waals surface area contributed by atoms with Gasteiger partial charge in [0.05, 0.1) is 23.4 Å². The fraction of sp³-hybridized carbons (Fsp3) is 0.880. The van der Waals surface area contributed by atoms with E-state index in [0.717, 1.165) is 50.6 Å². The van der Waals surface area contributed by atoms with Crippen LogP contribution in [0.25, 0.3) is 0 Å². The summed E-state index contributed by atoms with van der Waals surface area (Å²) >= 11 is 0. The molecule has 2 aliphatic heterocycles. The molecule has 5 aliphatic rings. The van der Waals surface area contributed by atoms with Gasteiger partial charge in [0.1, 0.15) is 6.61 Å². The fourth-order valence-electron chi connectivity index (χ4n) is 8.33. The Morgan fingerprint density at radius 3 is 2.57 bits per heavy atom. The summed E-state index contributed by atoms with van der Waals surface area (Å²) in [6, 6.07) is 0.643. The molecule has 0 radical (unpaired) electrons. The van der Waals surface area contributed by atoms with E-state index in [2.05, 4.69) is 33.0 Å². The van der Waals surface area contributed by atoms with Gasteiger partial charge in [-0.1, -0.05) is 20.8 Å². The lowest BCUT2D eigenvalue weighted by molar-refractivity contribution is -0.246. The van der Waals surface area contributed by atoms with Crippen LogP contribution >= 0.6 is 0 Å². The number of esters is 1. The Bertz CT molecular complexity index is 762. The second kappa shape index (κ2) is 6.79. The molecule has 0 aromatic rings. The van der Waals surface area contributed by atoms with Crippen molar-refractivity contribution in [3.63, 3.8) is 0 Å². The van der Waals surface area contributed by atoms with Gasteiger partial charge in [-0.3, -0.25) is 0 Å². The third-order valence-corrected chi connectivity index (χ3v) is 10.3. The molecule has 2 N–H and O–H groups in total. The van der Waals surface area contributed by atoms with Crippen LogP contribution < -0.4 is 5.32 Å². The number of nitrogens with one attached hydrogen (secondary N) is 1. The Hall–Kier alpha value is -0.910. The molecule has 0 amide bonds. The molecule has 1 saturated heterocycles. The van der Waals surface area contributed by atoms with E-state index in [0.29, 0.717) is 18.6 Å². The Morgan fingerprint density at radius 1 is 1.17 bits per heavy atom. The number of cyclic esters (lactones) is 1. The van der Waals surface area contributed by atoms with Crippen molar-refractivity contribution in [1.29, 1.82) is 0 Å². The highest BCUT2D eigenvalue weighted by molar-refractivity contribution is 5.91. The second-order valence-corrected chi connectivity index (χ2v) is 11.4. The van der Waals surface area contributed by atoms with Gasteiger partial charge >= 0.3 is 5.97 Å². The van der Waals surface area contributed by atoms with Gasteiger partial charge in [0.15, 0.2) is 0 Å². The highest BCUT2D eigenvalue weighted by Crippen LogP contribution is 2.73. The van der Waals surface area contributed by atoms with Crippen LogP contribution in [0.15, 0.2) is 11.6 Å². The first-order chi connectivity index (χ1) is 14.2. The lowest BCUT2D eigenvalue weighted by atomic mass is 9.36. The number of aliphatic hydroxyl groups excluding tert-OH is 1. The molecule has 4 fully saturated rings. The van der Waals surface area contributed by atoms with Crippen LogP contribution in [0.2, 0.25) is 0 Å². The number of hydrogen-bond donors (Lipinski definition) is 2. The van der Waals surface area contributed by atoms with Crippen molar-refractivity contribution in [1.82, 2.24) is 5.32 Å². The molecule has 3 saturated carbocycles. The molecule has 5 nitrogen and oxygen atoms in total. The first kappa shape index (κ1) is 21.0. The fourth-order valence-corrected chi connectivity index (χ4v) is 8.33. The molecule has 0 bridgehead atoms. The van der Waals surface area contributed by atoms with Crippen LogP contribution in [0, 0.1) is 22.2 Å². The predicted octanol–water partition coefficient (Wildman–Crippen LogP) is 3.74. The van der Waals surface area contributed by atoms with E-state index in [1.165, 1.54) is 12.8 Å². The van der Waals surface area contributed by atoms with Crippen molar-refractivity contribution >= 4 is 5.97 Å². The third-order valence-electron chi connectivity index (χ3n) is 10.3. The molecule has 0 unspecified atom stereocenters. The SMILES string of the molecule is CC[C@]12CC[C@@]3(C)O[C@H](C4=CCOC4=O)C[C@H]3[C@]1(C)CC[C@@H](O)[C@@]2(C)CNC1CC1. The summed E-state index contributed by atoms with van der Waals surface area (Å²) in [5, 5.41) is 15.1. The van der Waals surface area contributed by atoms with Crippen LogP contribution in [0.5, 0.6) is 0 Å². The largest absolute Gasteiger partial charge is 0.458 e. The molecule has 0 spiro atoms. The number of ether oxygens (including phenoxy) is 2. The predicted molar refractivity (Wildman–Crippen MR) is 115 cm³/mol. The summed E-state index contributed by atoms with van der Waals surface area (Å²) in [5.41, 5.74) is 0.501. The van der Waals surface area contributed by atoms with Crippen molar-refractivity contribution < 1.29 is 19.4 Å². The number of carbonyl (C=O) groups excluding carboxylic acids is 1. The average Bonchev–Trinajstić information content (AvgIpc) is 3.34. The van der Waals surface area contributed by atoms with E-state index < -0.39 is 0 Å². The van der Waals surface area contributed by atoms with Crippen molar-refractivity contribution in [2.75, 3.05) is 13.2 Å². The maximum absolute atomic E-state index is 12.2. The van der Waals surface area contributed by atoms with E-state index >= 15 is 0 Å². The Kier molecular flexibility index (Phi) is 4.75. The minimum Gasteiger partial charge on any atom is -0.458 e. The van der Waals surface area contributed by atoms with Crippen LogP contribution in [0.1, 0.15) is 79.1 Å². The average molecular weight is 418 g/mol. The van der Waals surface area contributed by atoms with Crippen LogP contribution in [-0.4, -0.2) is 48.1 Å². The molecule has 168 valence electrons. The monoisotopic (exact) mass is 417 g/mol. The topological polar surface area (TPSA) is 67.8 Å². The molecule has 5 heteroatoms. The highest BCUT2D eigenvalue weighted by Gasteiger charge is 2.71. The molecule has 0 aromatic heterocycles. The standard InChI is InChI=1S/C25H39NO4/c1-5-25-12-11-24(4)19(14-18(30-24)17-9-13-29-21(17)28)22(25,2)10-8-20(27)23(25,3)15-26-16-6-7-16/h9,16,18-20,26-27H,5-8,10-15H2,1-4H3/t18-,19-,20+,22-,23+,24+,25-/m0/s1. The van der Waals surface area contributed by atoms with Crippen molar-refractivity contribution in [2.45, 2.75) is 103 Å². The van der Waals surface area contributed by atoms with Gasteiger partial charge in [0.25, 0.3) is 0 Å². The number of aliphatic hydroxyl groups is 1. The van der Waals surface area contributed by atoms with E-state index in [4.69, 9.17) is 9.47 Å². The summed E-state index contributed by atoms with van der Waals surface area (Å²) in [6.07, 6.45) is 9.93. The van der Waals surface area contributed by atoms with Crippen molar-refractivity contribution in [3.05, 3.63) is 11.6 Å². The zero-order valence-corrected chi connectivity index (χ0v) is 19.1. The molecule has 30 heavy (non-hydrogen) atoms. The summed E-state index contributed by atoms with van der Waals surface area (Å²) < 4.78 is 11.9. The van der Waals surface area contributed by atoms with Crippen LogP contribution in [0.3, 0.4) is 0 Å². The van der Waals surface area contributed by atoms with Crippen LogP contribution in [0.4, 0.5) is 0 Å². The smallest absolute Gasteiger partial charge is 0.336 e. The van der Waals surface area contributed by atoms with E-state index in [9.17, 15) is 9.90 Å². The van der Waals surface area contributed by atoms with Gasteiger partial charge in [0.2, 0.25) is 0 Å². The molecular weight excluding hydrogens is 378 g/mol. The summed E-state index contributed by atoms with van der Waals surface area (Å²) in [6.45, 7) is 10.7. The second-order valence-electron chi connectivity index (χ2n) is 11.4. The number of hydrogen-bond acceptors (Lipinski definition) is 5. The zero-order valence-electron chi connectivity index (χ0n) is 19.1. The Balaban J connectivity index is 1.51. The first-order valence-electron chi connectivity index (χ1n) is 12.2.